The molecule has 1 aliphatic heterocycles. The summed E-state index contributed by atoms with van der Waals surface area (Å²) in [5.74, 6) is -0.145. The number of halogens is 1. The molecule has 0 spiro atoms. The smallest absolute Gasteiger partial charge is 0.409 e. The van der Waals surface area contributed by atoms with Gasteiger partial charge in [-0.3, -0.25) is 4.90 Å². The van der Waals surface area contributed by atoms with Crippen LogP contribution in [0, 0.1) is 5.82 Å². The third-order valence-electron chi connectivity index (χ3n) is 4.88. The number of hydrogen-bond acceptors (Lipinski definition) is 3. The molecule has 0 radical (unpaired) electrons. The number of benzene rings is 1. The van der Waals surface area contributed by atoms with Crippen LogP contribution in [0.3, 0.4) is 0 Å². The highest BCUT2D eigenvalue weighted by molar-refractivity contribution is 5.67. The summed E-state index contributed by atoms with van der Waals surface area (Å²) in [6.45, 7) is 5.52. The Labute approximate surface area is 137 Å². The quantitative estimate of drug-likeness (QED) is 0.837. The Balaban J connectivity index is 1.70. The monoisotopic (exact) mass is 320 g/mol. The molecule has 1 aromatic carbocycles. The van der Waals surface area contributed by atoms with Gasteiger partial charge >= 0.3 is 6.09 Å². The van der Waals surface area contributed by atoms with Crippen molar-refractivity contribution in [1.82, 2.24) is 9.80 Å². The lowest BCUT2D eigenvalue weighted by molar-refractivity contribution is 0.107. The fourth-order valence-electron chi connectivity index (χ4n) is 3.78. The molecule has 5 heteroatoms. The number of carbonyl (C=O) groups is 1. The third kappa shape index (κ3) is 3.66. The molecule has 1 heterocycles. The summed E-state index contributed by atoms with van der Waals surface area (Å²) >= 11 is 0. The molecule has 1 aromatic rings. The second-order valence-electron chi connectivity index (χ2n) is 6.33. The van der Waals surface area contributed by atoms with Gasteiger partial charge in [0.15, 0.2) is 0 Å². The number of amides is 1. The van der Waals surface area contributed by atoms with Crippen molar-refractivity contribution in [3.8, 4) is 0 Å². The average molecular weight is 320 g/mol. The Hall–Kier alpha value is -1.62. The SMILES string of the molecule is CCOC(=O)N1CCCN(C2CCCc3cc(F)ccc32)CC1. The molecule has 23 heavy (non-hydrogen) atoms. The second-order valence-corrected chi connectivity index (χ2v) is 6.33. The van der Waals surface area contributed by atoms with Crippen LogP contribution in [0.5, 0.6) is 0 Å². The van der Waals surface area contributed by atoms with Crippen molar-refractivity contribution in [2.45, 2.75) is 38.6 Å². The van der Waals surface area contributed by atoms with Crippen molar-refractivity contribution >= 4 is 6.09 Å². The van der Waals surface area contributed by atoms with Crippen LogP contribution in [0.2, 0.25) is 0 Å². The van der Waals surface area contributed by atoms with Crippen molar-refractivity contribution in [3.63, 3.8) is 0 Å². The number of rotatable bonds is 2. The molecule has 1 unspecified atom stereocenters. The predicted molar refractivity (Wildman–Crippen MR) is 86.9 cm³/mol. The first-order valence-electron chi connectivity index (χ1n) is 8.63. The number of nitrogens with zero attached hydrogens (tertiary/aromatic N) is 2. The molecule has 0 N–H and O–H groups in total. The summed E-state index contributed by atoms with van der Waals surface area (Å²) in [7, 11) is 0. The van der Waals surface area contributed by atoms with Gasteiger partial charge < -0.3 is 9.64 Å². The first-order chi connectivity index (χ1) is 11.2. The lowest BCUT2D eigenvalue weighted by Gasteiger charge is -2.35. The van der Waals surface area contributed by atoms with Crippen LogP contribution in [-0.4, -0.2) is 48.7 Å². The van der Waals surface area contributed by atoms with Crippen LogP contribution in [0.15, 0.2) is 18.2 Å². The summed E-state index contributed by atoms with van der Waals surface area (Å²) in [6, 6.07) is 5.55. The van der Waals surface area contributed by atoms with Gasteiger partial charge in [0.25, 0.3) is 0 Å². The minimum absolute atomic E-state index is 0.145. The Kier molecular flexibility index (Phi) is 5.16. The molecule has 0 bridgehead atoms. The molecule has 0 saturated carbocycles. The van der Waals surface area contributed by atoms with Crippen molar-refractivity contribution in [1.29, 1.82) is 0 Å². The van der Waals surface area contributed by atoms with Gasteiger partial charge in [-0.15, -0.1) is 0 Å². The highest BCUT2D eigenvalue weighted by Gasteiger charge is 2.28. The molecule has 1 saturated heterocycles. The highest BCUT2D eigenvalue weighted by Crippen LogP contribution is 2.35. The average Bonchev–Trinajstić information content (AvgIpc) is 2.80. The van der Waals surface area contributed by atoms with Gasteiger partial charge in [0.2, 0.25) is 0 Å². The van der Waals surface area contributed by atoms with Crippen molar-refractivity contribution in [3.05, 3.63) is 35.1 Å². The molecular weight excluding hydrogens is 295 g/mol. The Morgan fingerprint density at radius 2 is 2.13 bits per heavy atom. The van der Waals surface area contributed by atoms with E-state index in [2.05, 4.69) is 4.90 Å². The summed E-state index contributed by atoms with van der Waals surface area (Å²) in [5.41, 5.74) is 2.41. The lowest BCUT2D eigenvalue weighted by atomic mass is 9.86. The van der Waals surface area contributed by atoms with E-state index in [1.807, 2.05) is 13.0 Å². The molecule has 126 valence electrons. The van der Waals surface area contributed by atoms with E-state index in [9.17, 15) is 9.18 Å². The van der Waals surface area contributed by atoms with E-state index in [-0.39, 0.29) is 11.9 Å². The zero-order valence-electron chi connectivity index (χ0n) is 13.8. The van der Waals surface area contributed by atoms with Gasteiger partial charge in [0, 0.05) is 32.2 Å². The number of hydrogen-bond donors (Lipinski definition) is 0. The largest absolute Gasteiger partial charge is 0.450 e. The first kappa shape index (κ1) is 16.2. The van der Waals surface area contributed by atoms with E-state index in [0.29, 0.717) is 19.2 Å². The maximum atomic E-state index is 13.5. The molecule has 2 aliphatic rings. The minimum Gasteiger partial charge on any atom is -0.450 e. The fraction of sp³-hybridized carbons (Fsp3) is 0.611. The van der Waals surface area contributed by atoms with E-state index in [1.54, 1.807) is 17.0 Å². The van der Waals surface area contributed by atoms with Gasteiger partial charge in [0.05, 0.1) is 6.61 Å². The molecule has 0 aromatic heterocycles. The van der Waals surface area contributed by atoms with Crippen LogP contribution in [0.4, 0.5) is 9.18 Å². The number of aryl methyl sites for hydroxylation is 1. The van der Waals surface area contributed by atoms with Gasteiger partial charge in [-0.25, -0.2) is 9.18 Å². The summed E-state index contributed by atoms with van der Waals surface area (Å²) in [6.07, 6.45) is 3.91. The van der Waals surface area contributed by atoms with Crippen molar-refractivity contribution < 1.29 is 13.9 Å². The molecule has 1 aliphatic carbocycles. The number of fused-ring (bicyclic) bond motifs is 1. The minimum atomic E-state index is -0.208. The van der Waals surface area contributed by atoms with Gasteiger partial charge in [0.1, 0.15) is 5.82 Å². The standard InChI is InChI=1S/C18H25FN2O2/c1-2-23-18(22)21-10-4-9-20(11-12-21)17-6-3-5-14-13-15(19)7-8-16(14)17/h7-8,13,17H,2-6,9-12H2,1H3. The molecule has 1 fully saturated rings. The van der Waals surface area contributed by atoms with E-state index in [0.717, 1.165) is 50.9 Å². The maximum absolute atomic E-state index is 13.5. The van der Waals surface area contributed by atoms with E-state index in [4.69, 9.17) is 4.74 Å². The Bertz CT molecular complexity index is 564. The predicted octanol–water partition coefficient (Wildman–Crippen LogP) is 3.37. The lowest BCUT2D eigenvalue weighted by Crippen LogP contribution is -2.37. The van der Waals surface area contributed by atoms with Crippen LogP contribution < -0.4 is 0 Å². The van der Waals surface area contributed by atoms with Crippen molar-refractivity contribution in [2.24, 2.45) is 0 Å². The molecule has 1 amide bonds. The third-order valence-corrected chi connectivity index (χ3v) is 4.88. The Morgan fingerprint density at radius 3 is 2.96 bits per heavy atom. The van der Waals surface area contributed by atoms with E-state index in [1.165, 1.54) is 5.56 Å². The summed E-state index contributed by atoms with van der Waals surface area (Å²) in [5, 5.41) is 0. The van der Waals surface area contributed by atoms with E-state index < -0.39 is 0 Å². The first-order valence-corrected chi connectivity index (χ1v) is 8.63. The maximum Gasteiger partial charge on any atom is 0.409 e. The highest BCUT2D eigenvalue weighted by atomic mass is 19.1. The molecule has 4 nitrogen and oxygen atoms in total. The number of carbonyl (C=O) groups excluding carboxylic acids is 1. The van der Waals surface area contributed by atoms with Gasteiger partial charge in [-0.05, 0) is 55.9 Å². The Morgan fingerprint density at radius 1 is 1.26 bits per heavy atom. The summed E-state index contributed by atoms with van der Waals surface area (Å²) in [4.78, 5) is 16.2. The van der Waals surface area contributed by atoms with Gasteiger partial charge in [-0.1, -0.05) is 6.07 Å². The topological polar surface area (TPSA) is 32.8 Å². The normalized spacial score (nSPS) is 22.3. The van der Waals surface area contributed by atoms with Crippen LogP contribution in [0.25, 0.3) is 0 Å². The zero-order chi connectivity index (χ0) is 16.2. The molecule has 3 rings (SSSR count). The fourth-order valence-corrected chi connectivity index (χ4v) is 3.78. The second kappa shape index (κ2) is 7.30. The van der Waals surface area contributed by atoms with Crippen LogP contribution in [0.1, 0.15) is 43.4 Å². The van der Waals surface area contributed by atoms with Crippen molar-refractivity contribution in [2.75, 3.05) is 32.8 Å². The van der Waals surface area contributed by atoms with E-state index >= 15 is 0 Å². The number of ether oxygens (including phenoxy) is 1. The summed E-state index contributed by atoms with van der Waals surface area (Å²) < 4.78 is 18.6. The zero-order valence-corrected chi connectivity index (χ0v) is 13.8. The van der Waals surface area contributed by atoms with Crippen LogP contribution >= 0.6 is 0 Å². The molecular formula is C18H25FN2O2. The molecule has 1 atom stereocenters. The van der Waals surface area contributed by atoms with Gasteiger partial charge in [-0.2, -0.15) is 0 Å². The van der Waals surface area contributed by atoms with Crippen LogP contribution in [-0.2, 0) is 11.2 Å².